The van der Waals surface area contributed by atoms with Crippen LogP contribution >= 0.6 is 22.6 Å². The number of rotatable bonds is 3. The van der Waals surface area contributed by atoms with Gasteiger partial charge in [0.15, 0.2) is 0 Å². The number of H-pyrrole nitrogens is 2. The van der Waals surface area contributed by atoms with Gasteiger partial charge in [0.1, 0.15) is 0 Å². The van der Waals surface area contributed by atoms with Gasteiger partial charge < -0.3 is 9.97 Å². The lowest BCUT2D eigenvalue weighted by molar-refractivity contribution is 0.897. The molecule has 0 aliphatic carbocycles. The van der Waals surface area contributed by atoms with Gasteiger partial charge in [-0.25, -0.2) is 0 Å². The maximum absolute atomic E-state index is 3.32. The number of nitrogens with one attached hydrogen (secondary N) is 2. The molecule has 0 saturated carbocycles. The average Bonchev–Trinajstić information content (AvgIpc) is 3.02. The minimum absolute atomic E-state index is 0.240. The molecule has 2 heterocycles. The van der Waals surface area contributed by atoms with Gasteiger partial charge in [-0.05, 0) is 64.6 Å². The summed E-state index contributed by atoms with van der Waals surface area (Å²) in [6.45, 7) is 0. The molecule has 2 N–H and O–H groups in total. The zero-order valence-corrected chi connectivity index (χ0v) is 11.9. The first-order valence-corrected chi connectivity index (χ1v) is 6.94. The molecule has 0 bridgehead atoms. The number of hydrogen-bond donors (Lipinski definition) is 2. The highest BCUT2D eigenvalue weighted by Crippen LogP contribution is 2.30. The molecule has 3 heteroatoms. The van der Waals surface area contributed by atoms with Crippen molar-refractivity contribution in [1.82, 2.24) is 9.97 Å². The molecule has 0 fully saturated rings. The average molecular weight is 348 g/mol. The summed E-state index contributed by atoms with van der Waals surface area (Å²) < 4.78 is 1.26. The maximum atomic E-state index is 3.32. The standard InChI is InChI=1S/C15H13IN2/c16-12-5-1-4-11(10-12)15(13-6-2-8-17-13)14-7-3-9-18-14/h1-10,15,17-18H. The highest BCUT2D eigenvalue weighted by Gasteiger charge is 2.18. The number of aromatic amines is 2. The maximum Gasteiger partial charge on any atom is 0.0641 e. The summed E-state index contributed by atoms with van der Waals surface area (Å²) in [5.74, 6) is 0.240. The molecule has 0 aliphatic rings. The molecule has 0 spiro atoms. The fourth-order valence-electron chi connectivity index (χ4n) is 2.26. The summed E-state index contributed by atoms with van der Waals surface area (Å²) in [6.07, 6.45) is 3.94. The predicted octanol–water partition coefficient (Wildman–Crippen LogP) is 4.13. The van der Waals surface area contributed by atoms with Crippen LogP contribution in [0.25, 0.3) is 0 Å². The highest BCUT2D eigenvalue weighted by molar-refractivity contribution is 14.1. The van der Waals surface area contributed by atoms with Crippen LogP contribution in [0.2, 0.25) is 0 Å². The molecule has 3 aromatic rings. The normalized spacial score (nSPS) is 11.0. The smallest absolute Gasteiger partial charge is 0.0641 e. The van der Waals surface area contributed by atoms with Gasteiger partial charge in [0.25, 0.3) is 0 Å². The first-order chi connectivity index (χ1) is 8.84. The van der Waals surface area contributed by atoms with E-state index in [2.05, 4.69) is 69.0 Å². The van der Waals surface area contributed by atoms with Crippen molar-refractivity contribution in [3.05, 3.63) is 81.4 Å². The van der Waals surface area contributed by atoms with E-state index >= 15 is 0 Å². The van der Waals surface area contributed by atoms with Crippen LogP contribution in [0.1, 0.15) is 22.9 Å². The molecule has 3 rings (SSSR count). The van der Waals surface area contributed by atoms with Crippen molar-refractivity contribution in [1.29, 1.82) is 0 Å². The molecule has 0 amide bonds. The quantitative estimate of drug-likeness (QED) is 0.667. The summed E-state index contributed by atoms with van der Waals surface area (Å²) in [4.78, 5) is 6.64. The Morgan fingerprint density at radius 2 is 1.50 bits per heavy atom. The highest BCUT2D eigenvalue weighted by atomic mass is 127. The Bertz CT molecular complexity index is 578. The molecule has 18 heavy (non-hydrogen) atoms. The monoisotopic (exact) mass is 348 g/mol. The topological polar surface area (TPSA) is 31.6 Å². The fourth-order valence-corrected chi connectivity index (χ4v) is 2.83. The molecule has 0 saturated heterocycles. The van der Waals surface area contributed by atoms with Crippen molar-refractivity contribution in [3.8, 4) is 0 Å². The first-order valence-electron chi connectivity index (χ1n) is 5.86. The van der Waals surface area contributed by atoms with Crippen molar-refractivity contribution in [2.24, 2.45) is 0 Å². The van der Waals surface area contributed by atoms with Crippen molar-refractivity contribution >= 4 is 22.6 Å². The van der Waals surface area contributed by atoms with E-state index in [1.807, 2.05) is 24.5 Å². The van der Waals surface area contributed by atoms with E-state index in [4.69, 9.17) is 0 Å². The largest absolute Gasteiger partial charge is 0.364 e. The summed E-state index contributed by atoms with van der Waals surface area (Å²) in [7, 11) is 0. The van der Waals surface area contributed by atoms with E-state index in [9.17, 15) is 0 Å². The molecule has 0 atom stereocenters. The van der Waals surface area contributed by atoms with Crippen molar-refractivity contribution < 1.29 is 0 Å². The molecular weight excluding hydrogens is 335 g/mol. The van der Waals surface area contributed by atoms with Crippen LogP contribution < -0.4 is 0 Å². The Morgan fingerprint density at radius 1 is 0.833 bits per heavy atom. The second-order valence-electron chi connectivity index (χ2n) is 4.24. The summed E-state index contributed by atoms with van der Waals surface area (Å²) >= 11 is 2.35. The molecule has 0 unspecified atom stereocenters. The predicted molar refractivity (Wildman–Crippen MR) is 81.7 cm³/mol. The van der Waals surface area contributed by atoms with Crippen LogP contribution in [0, 0.1) is 3.57 Å². The lowest BCUT2D eigenvalue weighted by Gasteiger charge is -2.15. The first kappa shape index (κ1) is 11.6. The fraction of sp³-hybridized carbons (Fsp3) is 0.0667. The molecular formula is C15H13IN2. The molecule has 1 aromatic carbocycles. The molecule has 2 aromatic heterocycles. The van der Waals surface area contributed by atoms with E-state index in [1.54, 1.807) is 0 Å². The minimum Gasteiger partial charge on any atom is -0.364 e. The van der Waals surface area contributed by atoms with E-state index in [1.165, 1.54) is 20.5 Å². The van der Waals surface area contributed by atoms with Crippen molar-refractivity contribution in [3.63, 3.8) is 0 Å². The Hall–Kier alpha value is -1.49. The summed E-state index contributed by atoms with van der Waals surface area (Å²) in [6, 6.07) is 17.0. The number of benzene rings is 1. The molecule has 90 valence electrons. The second-order valence-corrected chi connectivity index (χ2v) is 5.48. The zero-order valence-electron chi connectivity index (χ0n) is 9.73. The second kappa shape index (κ2) is 5.02. The van der Waals surface area contributed by atoms with Gasteiger partial charge in [-0.15, -0.1) is 0 Å². The molecule has 0 radical (unpaired) electrons. The van der Waals surface area contributed by atoms with Crippen LogP contribution in [0.15, 0.2) is 60.9 Å². The molecule has 2 nitrogen and oxygen atoms in total. The Balaban J connectivity index is 2.11. The van der Waals surface area contributed by atoms with Gasteiger partial charge in [0.05, 0.1) is 5.92 Å². The van der Waals surface area contributed by atoms with Crippen molar-refractivity contribution in [2.75, 3.05) is 0 Å². The van der Waals surface area contributed by atoms with E-state index in [0.717, 1.165) is 0 Å². The minimum atomic E-state index is 0.240. The van der Waals surface area contributed by atoms with Gasteiger partial charge in [-0.3, -0.25) is 0 Å². The Morgan fingerprint density at radius 3 is 2.00 bits per heavy atom. The zero-order chi connectivity index (χ0) is 12.4. The lowest BCUT2D eigenvalue weighted by atomic mass is 9.93. The Labute approximate surface area is 120 Å². The van der Waals surface area contributed by atoms with Crippen molar-refractivity contribution in [2.45, 2.75) is 5.92 Å². The number of aromatic nitrogens is 2. The summed E-state index contributed by atoms with van der Waals surface area (Å²) in [5.41, 5.74) is 3.71. The van der Waals surface area contributed by atoms with Crippen LogP contribution in [0.3, 0.4) is 0 Å². The van der Waals surface area contributed by atoms with E-state index < -0.39 is 0 Å². The van der Waals surface area contributed by atoms with Gasteiger partial charge >= 0.3 is 0 Å². The lowest BCUT2D eigenvalue weighted by Crippen LogP contribution is -2.04. The van der Waals surface area contributed by atoms with Crippen LogP contribution in [-0.2, 0) is 0 Å². The third-order valence-electron chi connectivity index (χ3n) is 3.05. The van der Waals surface area contributed by atoms with Gasteiger partial charge in [0, 0.05) is 27.4 Å². The van der Waals surface area contributed by atoms with Crippen LogP contribution in [0.5, 0.6) is 0 Å². The number of hydrogen-bond acceptors (Lipinski definition) is 0. The van der Waals surface area contributed by atoms with E-state index in [0.29, 0.717) is 0 Å². The SMILES string of the molecule is Ic1cccc(C(c2ccc[nH]2)c2ccc[nH]2)c1. The third-order valence-corrected chi connectivity index (χ3v) is 3.72. The van der Waals surface area contributed by atoms with Gasteiger partial charge in [0.2, 0.25) is 0 Å². The van der Waals surface area contributed by atoms with Gasteiger partial charge in [-0.1, -0.05) is 12.1 Å². The number of halogens is 1. The molecule has 0 aliphatic heterocycles. The Kier molecular flexibility index (Phi) is 3.23. The van der Waals surface area contributed by atoms with Crippen LogP contribution in [-0.4, -0.2) is 9.97 Å². The summed E-state index contributed by atoms with van der Waals surface area (Å²) in [5, 5.41) is 0. The van der Waals surface area contributed by atoms with Crippen LogP contribution in [0.4, 0.5) is 0 Å². The van der Waals surface area contributed by atoms with E-state index in [-0.39, 0.29) is 5.92 Å². The third kappa shape index (κ3) is 2.22. The van der Waals surface area contributed by atoms with Gasteiger partial charge in [-0.2, -0.15) is 0 Å².